The fourth-order valence-electron chi connectivity index (χ4n) is 4.01. The first-order valence-corrected chi connectivity index (χ1v) is 14.8. The minimum atomic E-state index is -0.320. The summed E-state index contributed by atoms with van der Waals surface area (Å²) in [6, 6.07) is 27.2. The molecule has 1 heterocycles. The van der Waals surface area contributed by atoms with Gasteiger partial charge < -0.3 is 14.8 Å². The first-order valence-electron chi connectivity index (χ1n) is 13.2. The summed E-state index contributed by atoms with van der Waals surface area (Å²) >= 11 is 5.09. The van der Waals surface area contributed by atoms with Gasteiger partial charge in [-0.2, -0.15) is 5.10 Å². The number of rotatable bonds is 10. The molecule has 4 aromatic carbocycles. The second-order valence-electron chi connectivity index (χ2n) is 9.60. The van der Waals surface area contributed by atoms with Gasteiger partial charge in [0, 0.05) is 32.2 Å². The number of amides is 1. The molecule has 9 heteroatoms. The van der Waals surface area contributed by atoms with Gasteiger partial charge in [0.15, 0.2) is 16.6 Å². The Morgan fingerprint density at radius 3 is 2.33 bits per heavy atom. The molecule has 1 aromatic heterocycles. The zero-order valence-electron chi connectivity index (χ0n) is 23.4. The van der Waals surface area contributed by atoms with Crippen molar-refractivity contribution in [3.05, 3.63) is 123 Å². The van der Waals surface area contributed by atoms with E-state index in [0.717, 1.165) is 37.7 Å². The van der Waals surface area contributed by atoms with E-state index in [2.05, 4.69) is 67.9 Å². The van der Waals surface area contributed by atoms with Crippen molar-refractivity contribution in [2.45, 2.75) is 20.5 Å². The number of halogens is 1. The Kier molecular flexibility index (Phi) is 9.31. The van der Waals surface area contributed by atoms with E-state index < -0.39 is 0 Å². The van der Waals surface area contributed by atoms with Crippen LogP contribution in [0.5, 0.6) is 11.5 Å². The van der Waals surface area contributed by atoms with Gasteiger partial charge in [-0.3, -0.25) is 4.79 Å². The molecule has 0 aliphatic carbocycles. The average Bonchev–Trinajstić information content (AvgIpc) is 3.47. The molecule has 5 rings (SSSR count). The van der Waals surface area contributed by atoms with Gasteiger partial charge in [0.2, 0.25) is 0 Å². The summed E-state index contributed by atoms with van der Waals surface area (Å²) < 4.78 is 12.3. The van der Waals surface area contributed by atoms with Crippen molar-refractivity contribution in [2.24, 2.45) is 5.10 Å². The number of benzene rings is 4. The summed E-state index contributed by atoms with van der Waals surface area (Å²) in [5.74, 6) is 0.844. The van der Waals surface area contributed by atoms with Crippen molar-refractivity contribution in [3.63, 3.8) is 0 Å². The van der Waals surface area contributed by atoms with Crippen molar-refractivity contribution in [3.8, 4) is 22.8 Å². The third-order valence-electron chi connectivity index (χ3n) is 6.42. The molecular weight excluding hydrogens is 612 g/mol. The summed E-state index contributed by atoms with van der Waals surface area (Å²) in [5.41, 5.74) is 10.0. The lowest BCUT2D eigenvalue weighted by atomic mass is 10.1. The minimum absolute atomic E-state index is 0.320. The fraction of sp³-hybridized carbons (Fsp3) is 0.121. The number of nitrogens with zero attached hydrogens (tertiary/aromatic N) is 2. The molecule has 2 N–H and O–H groups in total. The van der Waals surface area contributed by atoms with E-state index in [1.807, 2.05) is 54.8 Å². The van der Waals surface area contributed by atoms with Gasteiger partial charge in [-0.15, -0.1) is 11.3 Å². The van der Waals surface area contributed by atoms with Gasteiger partial charge >= 0.3 is 0 Å². The highest BCUT2D eigenvalue weighted by Gasteiger charge is 2.11. The first-order chi connectivity index (χ1) is 20.4. The molecule has 0 saturated carbocycles. The molecule has 0 aliphatic rings. The number of hydrazone groups is 1. The molecule has 212 valence electrons. The number of carbonyl (C=O) groups is 1. The number of ether oxygens (including phenoxy) is 2. The molecule has 0 spiro atoms. The molecular formula is C33H29BrN4O3S. The summed E-state index contributed by atoms with van der Waals surface area (Å²) in [6.45, 7) is 4.52. The van der Waals surface area contributed by atoms with Crippen molar-refractivity contribution in [2.75, 3.05) is 12.4 Å². The Morgan fingerprint density at radius 1 is 0.952 bits per heavy atom. The smallest absolute Gasteiger partial charge is 0.271 e. The number of hydrogen-bond donors (Lipinski definition) is 2. The van der Waals surface area contributed by atoms with E-state index in [4.69, 9.17) is 9.47 Å². The number of anilines is 2. The van der Waals surface area contributed by atoms with Crippen LogP contribution in [-0.4, -0.2) is 24.2 Å². The number of aromatic nitrogens is 1. The number of nitrogens with one attached hydrogen (secondary N) is 2. The Labute approximate surface area is 257 Å². The zero-order valence-corrected chi connectivity index (χ0v) is 25.8. The van der Waals surface area contributed by atoms with Crippen molar-refractivity contribution in [1.82, 2.24) is 10.4 Å². The lowest BCUT2D eigenvalue weighted by Gasteiger charge is -2.13. The quantitative estimate of drug-likeness (QED) is 0.118. The van der Waals surface area contributed by atoms with Gasteiger partial charge in [-0.25, -0.2) is 10.4 Å². The predicted molar refractivity (Wildman–Crippen MR) is 173 cm³/mol. The van der Waals surface area contributed by atoms with Crippen molar-refractivity contribution >= 4 is 50.2 Å². The fourth-order valence-corrected chi connectivity index (χ4v) is 5.17. The molecule has 0 saturated heterocycles. The van der Waals surface area contributed by atoms with Gasteiger partial charge in [0.05, 0.1) is 19.0 Å². The van der Waals surface area contributed by atoms with E-state index in [0.29, 0.717) is 23.7 Å². The van der Waals surface area contributed by atoms with Crippen molar-refractivity contribution in [1.29, 1.82) is 0 Å². The lowest BCUT2D eigenvalue weighted by molar-refractivity contribution is 0.0955. The summed E-state index contributed by atoms with van der Waals surface area (Å²) in [4.78, 5) is 17.4. The molecule has 0 bridgehead atoms. The van der Waals surface area contributed by atoms with E-state index in [-0.39, 0.29) is 5.91 Å². The lowest BCUT2D eigenvalue weighted by Crippen LogP contribution is -2.17. The Balaban J connectivity index is 1.18. The Bertz CT molecular complexity index is 1700. The molecule has 5 aromatic rings. The SMILES string of the molecule is COc1cc(/C=N\NC(=O)c2ccc(-c3csc(Nc4ccc(C)cc4)n3)cc2)c(Br)cc1OCc1ccc(C)cc1. The van der Waals surface area contributed by atoms with Gasteiger partial charge in [0.25, 0.3) is 5.91 Å². The van der Waals surface area contributed by atoms with E-state index in [1.165, 1.54) is 22.5 Å². The van der Waals surface area contributed by atoms with Crippen LogP contribution in [0.2, 0.25) is 0 Å². The van der Waals surface area contributed by atoms with Crippen LogP contribution >= 0.6 is 27.3 Å². The zero-order chi connectivity index (χ0) is 29.5. The Hall–Kier alpha value is -4.47. The highest BCUT2D eigenvalue weighted by atomic mass is 79.9. The first kappa shape index (κ1) is 29.0. The van der Waals surface area contributed by atoms with E-state index in [1.54, 1.807) is 31.5 Å². The molecule has 0 radical (unpaired) electrons. The molecule has 42 heavy (non-hydrogen) atoms. The molecule has 0 unspecified atom stereocenters. The second kappa shape index (κ2) is 13.5. The van der Waals surface area contributed by atoms with E-state index >= 15 is 0 Å². The molecule has 7 nitrogen and oxygen atoms in total. The molecule has 1 amide bonds. The van der Waals surface area contributed by atoms with Crippen LogP contribution in [0, 0.1) is 13.8 Å². The number of hydrogen-bond acceptors (Lipinski definition) is 7. The maximum Gasteiger partial charge on any atom is 0.271 e. The van der Waals surface area contributed by atoms with Crippen LogP contribution in [0.15, 0.2) is 99.9 Å². The largest absolute Gasteiger partial charge is 0.493 e. The predicted octanol–water partition coefficient (Wildman–Crippen LogP) is 8.28. The van der Waals surface area contributed by atoms with Crippen LogP contribution in [0.4, 0.5) is 10.8 Å². The standard InChI is InChI=1S/C33H29BrN4O3S/c1-21-4-8-23(9-5-21)19-41-31-17-28(34)26(16-30(31)40-3)18-35-38-32(39)25-12-10-24(11-13-25)29-20-42-33(37-29)36-27-14-6-22(2)7-15-27/h4-18,20H,19H2,1-3H3,(H,36,37)(H,38,39)/b35-18-. The van der Waals surface area contributed by atoms with Crippen LogP contribution in [0.25, 0.3) is 11.3 Å². The van der Waals surface area contributed by atoms with Crippen LogP contribution in [0.1, 0.15) is 32.6 Å². The number of carbonyl (C=O) groups excluding carboxylic acids is 1. The van der Waals surface area contributed by atoms with E-state index in [9.17, 15) is 4.79 Å². The monoisotopic (exact) mass is 640 g/mol. The van der Waals surface area contributed by atoms with Gasteiger partial charge in [0.1, 0.15) is 6.61 Å². The van der Waals surface area contributed by atoms with Gasteiger partial charge in [-0.05, 0) is 71.7 Å². The van der Waals surface area contributed by atoms with Crippen LogP contribution < -0.4 is 20.2 Å². The maximum atomic E-state index is 12.7. The molecule has 0 fully saturated rings. The van der Waals surface area contributed by atoms with Crippen molar-refractivity contribution < 1.29 is 14.3 Å². The number of methoxy groups -OCH3 is 1. The average molecular weight is 642 g/mol. The third kappa shape index (κ3) is 7.43. The maximum absolute atomic E-state index is 12.7. The number of aryl methyl sites for hydroxylation is 2. The summed E-state index contributed by atoms with van der Waals surface area (Å²) in [7, 11) is 1.58. The summed E-state index contributed by atoms with van der Waals surface area (Å²) in [6.07, 6.45) is 1.56. The van der Waals surface area contributed by atoms with Gasteiger partial charge in [-0.1, -0.05) is 59.7 Å². The third-order valence-corrected chi connectivity index (χ3v) is 7.86. The molecule has 0 aliphatic heterocycles. The van der Waals surface area contributed by atoms with Crippen LogP contribution in [0.3, 0.4) is 0 Å². The topological polar surface area (TPSA) is 84.8 Å². The molecule has 0 atom stereocenters. The highest BCUT2D eigenvalue weighted by molar-refractivity contribution is 9.10. The normalized spacial score (nSPS) is 11.0. The van der Waals surface area contributed by atoms with Crippen LogP contribution in [-0.2, 0) is 6.61 Å². The number of thiazole rings is 1. The highest BCUT2D eigenvalue weighted by Crippen LogP contribution is 2.33. The second-order valence-corrected chi connectivity index (χ2v) is 11.3. The minimum Gasteiger partial charge on any atom is -0.493 e. The Morgan fingerprint density at radius 2 is 1.64 bits per heavy atom. The summed E-state index contributed by atoms with van der Waals surface area (Å²) in [5, 5.41) is 10.3.